The molecule has 19 heavy (non-hydrogen) atoms. The number of hydrogen-bond donors (Lipinski definition) is 0. The van der Waals surface area contributed by atoms with E-state index in [4.69, 9.17) is 21.1 Å². The molecule has 1 heterocycles. The SMILES string of the molecule is COc1ccc(Oc2ccc(CCl)c(C)n2)c(Br)c1. The molecule has 0 fully saturated rings. The molecule has 0 radical (unpaired) electrons. The predicted molar refractivity (Wildman–Crippen MR) is 79.3 cm³/mol. The average molecular weight is 343 g/mol. The standard InChI is InChI=1S/C14H13BrClNO2/c1-9-10(8-16)3-6-14(17-9)19-13-5-4-11(18-2)7-12(13)15/h3-7H,8H2,1-2H3. The maximum absolute atomic E-state index is 5.80. The Morgan fingerprint density at radius 1 is 1.26 bits per heavy atom. The Kier molecular flexibility index (Phi) is 4.66. The predicted octanol–water partition coefficient (Wildman–Crippen LogP) is 4.69. The van der Waals surface area contributed by atoms with E-state index in [1.54, 1.807) is 13.2 Å². The highest BCUT2D eigenvalue weighted by atomic mass is 79.9. The van der Waals surface area contributed by atoms with Gasteiger partial charge in [-0.05, 0) is 46.6 Å². The number of methoxy groups -OCH3 is 1. The first-order chi connectivity index (χ1) is 9.13. The number of halogens is 2. The summed E-state index contributed by atoms with van der Waals surface area (Å²) in [6, 6.07) is 9.23. The van der Waals surface area contributed by atoms with Crippen LogP contribution < -0.4 is 9.47 Å². The number of aryl methyl sites for hydroxylation is 1. The maximum Gasteiger partial charge on any atom is 0.219 e. The Bertz CT molecular complexity index is 590. The first kappa shape index (κ1) is 14.2. The molecule has 5 heteroatoms. The van der Waals surface area contributed by atoms with E-state index in [1.165, 1.54) is 0 Å². The maximum atomic E-state index is 5.80. The van der Waals surface area contributed by atoms with Gasteiger partial charge in [-0.2, -0.15) is 0 Å². The minimum Gasteiger partial charge on any atom is -0.497 e. The molecule has 0 aliphatic heterocycles. The molecule has 0 atom stereocenters. The number of rotatable bonds is 4. The highest BCUT2D eigenvalue weighted by molar-refractivity contribution is 9.10. The molecule has 0 N–H and O–H groups in total. The second-order valence-corrected chi connectivity index (χ2v) is 5.05. The fourth-order valence-electron chi connectivity index (χ4n) is 1.57. The van der Waals surface area contributed by atoms with E-state index in [0.29, 0.717) is 17.5 Å². The number of alkyl halides is 1. The minimum absolute atomic E-state index is 0.450. The molecular formula is C14H13BrClNO2. The van der Waals surface area contributed by atoms with E-state index in [0.717, 1.165) is 21.5 Å². The van der Waals surface area contributed by atoms with Gasteiger partial charge in [0.1, 0.15) is 11.5 Å². The molecule has 0 bridgehead atoms. The molecule has 1 aromatic carbocycles. The monoisotopic (exact) mass is 341 g/mol. The van der Waals surface area contributed by atoms with Gasteiger partial charge in [0, 0.05) is 17.6 Å². The van der Waals surface area contributed by atoms with Gasteiger partial charge in [0.15, 0.2) is 0 Å². The Hall–Kier alpha value is -1.26. The molecule has 0 saturated heterocycles. The van der Waals surface area contributed by atoms with Gasteiger partial charge in [0.2, 0.25) is 5.88 Å². The number of ether oxygens (including phenoxy) is 2. The molecule has 0 aliphatic rings. The van der Waals surface area contributed by atoms with Crippen LogP contribution in [0.15, 0.2) is 34.8 Å². The lowest BCUT2D eigenvalue weighted by Gasteiger charge is -2.10. The van der Waals surface area contributed by atoms with E-state index in [-0.39, 0.29) is 0 Å². The summed E-state index contributed by atoms with van der Waals surface area (Å²) in [4.78, 5) is 4.36. The number of hydrogen-bond acceptors (Lipinski definition) is 3. The van der Waals surface area contributed by atoms with Gasteiger partial charge < -0.3 is 9.47 Å². The molecule has 0 aliphatic carbocycles. The number of pyridine rings is 1. The molecule has 0 saturated carbocycles. The lowest BCUT2D eigenvalue weighted by atomic mass is 10.2. The van der Waals surface area contributed by atoms with Crippen LogP contribution in [0.3, 0.4) is 0 Å². The van der Waals surface area contributed by atoms with Gasteiger partial charge >= 0.3 is 0 Å². The summed E-state index contributed by atoms with van der Waals surface area (Å²) in [5, 5.41) is 0. The fraction of sp³-hybridized carbons (Fsp3) is 0.214. The average Bonchev–Trinajstić information content (AvgIpc) is 2.41. The van der Waals surface area contributed by atoms with Gasteiger partial charge in [-0.3, -0.25) is 0 Å². The highest BCUT2D eigenvalue weighted by Gasteiger charge is 2.07. The highest BCUT2D eigenvalue weighted by Crippen LogP contribution is 2.32. The van der Waals surface area contributed by atoms with Crippen molar-refractivity contribution in [2.24, 2.45) is 0 Å². The normalized spacial score (nSPS) is 10.3. The molecule has 2 rings (SSSR count). The van der Waals surface area contributed by atoms with Crippen molar-refractivity contribution in [1.82, 2.24) is 4.98 Å². The Morgan fingerprint density at radius 2 is 2.05 bits per heavy atom. The number of benzene rings is 1. The smallest absolute Gasteiger partial charge is 0.219 e. The third-order valence-electron chi connectivity index (χ3n) is 2.67. The molecule has 3 nitrogen and oxygen atoms in total. The van der Waals surface area contributed by atoms with Crippen LogP contribution in [0.4, 0.5) is 0 Å². The van der Waals surface area contributed by atoms with Crippen molar-refractivity contribution in [2.75, 3.05) is 7.11 Å². The van der Waals surface area contributed by atoms with Crippen LogP contribution in [-0.2, 0) is 5.88 Å². The molecule has 0 spiro atoms. The molecule has 0 unspecified atom stereocenters. The van der Waals surface area contributed by atoms with Crippen molar-refractivity contribution in [3.8, 4) is 17.4 Å². The largest absolute Gasteiger partial charge is 0.497 e. The first-order valence-corrected chi connectivity index (χ1v) is 7.00. The van der Waals surface area contributed by atoms with Crippen LogP contribution in [0.25, 0.3) is 0 Å². The van der Waals surface area contributed by atoms with E-state index >= 15 is 0 Å². The minimum atomic E-state index is 0.450. The topological polar surface area (TPSA) is 31.4 Å². The van der Waals surface area contributed by atoms with Crippen LogP contribution in [0.5, 0.6) is 17.4 Å². The van der Waals surface area contributed by atoms with Crippen molar-refractivity contribution in [3.05, 3.63) is 46.1 Å². The summed E-state index contributed by atoms with van der Waals surface area (Å²) < 4.78 is 11.7. The van der Waals surface area contributed by atoms with Crippen molar-refractivity contribution in [3.63, 3.8) is 0 Å². The lowest BCUT2D eigenvalue weighted by Crippen LogP contribution is -1.94. The van der Waals surface area contributed by atoms with Crippen LogP contribution >= 0.6 is 27.5 Å². The Morgan fingerprint density at radius 3 is 2.63 bits per heavy atom. The van der Waals surface area contributed by atoms with Gasteiger partial charge in [0.25, 0.3) is 0 Å². The molecule has 100 valence electrons. The summed E-state index contributed by atoms with van der Waals surface area (Å²) in [5.74, 6) is 2.44. The van der Waals surface area contributed by atoms with E-state index in [2.05, 4.69) is 20.9 Å². The third kappa shape index (κ3) is 3.39. The van der Waals surface area contributed by atoms with Crippen LogP contribution in [0, 0.1) is 6.92 Å². The second kappa shape index (κ2) is 6.26. The van der Waals surface area contributed by atoms with Crippen molar-refractivity contribution in [2.45, 2.75) is 12.8 Å². The van der Waals surface area contributed by atoms with E-state index in [1.807, 2.05) is 31.2 Å². The molecule has 0 amide bonds. The van der Waals surface area contributed by atoms with Gasteiger partial charge in [-0.25, -0.2) is 4.98 Å². The molecular weight excluding hydrogens is 330 g/mol. The molecule has 2 aromatic rings. The van der Waals surface area contributed by atoms with Crippen LogP contribution in [0.1, 0.15) is 11.3 Å². The zero-order valence-corrected chi connectivity index (χ0v) is 13.0. The quantitative estimate of drug-likeness (QED) is 0.755. The summed E-state index contributed by atoms with van der Waals surface area (Å²) in [6.07, 6.45) is 0. The summed E-state index contributed by atoms with van der Waals surface area (Å²) in [7, 11) is 1.62. The Labute approximate surface area is 125 Å². The zero-order valence-electron chi connectivity index (χ0n) is 10.6. The first-order valence-electron chi connectivity index (χ1n) is 5.68. The van der Waals surface area contributed by atoms with Crippen molar-refractivity contribution < 1.29 is 9.47 Å². The van der Waals surface area contributed by atoms with Crippen molar-refractivity contribution in [1.29, 1.82) is 0 Å². The zero-order chi connectivity index (χ0) is 13.8. The van der Waals surface area contributed by atoms with Crippen molar-refractivity contribution >= 4 is 27.5 Å². The summed E-state index contributed by atoms with van der Waals surface area (Å²) in [6.45, 7) is 1.91. The van der Waals surface area contributed by atoms with Gasteiger partial charge in [-0.1, -0.05) is 6.07 Å². The van der Waals surface area contributed by atoms with Crippen LogP contribution in [-0.4, -0.2) is 12.1 Å². The van der Waals surface area contributed by atoms with E-state index in [9.17, 15) is 0 Å². The van der Waals surface area contributed by atoms with Gasteiger partial charge in [0.05, 0.1) is 11.6 Å². The van der Waals surface area contributed by atoms with E-state index < -0.39 is 0 Å². The second-order valence-electron chi connectivity index (χ2n) is 3.93. The summed E-state index contributed by atoms with van der Waals surface area (Å²) in [5.41, 5.74) is 1.87. The van der Waals surface area contributed by atoms with Crippen LogP contribution in [0.2, 0.25) is 0 Å². The number of aromatic nitrogens is 1. The number of nitrogens with zero attached hydrogens (tertiary/aromatic N) is 1. The lowest BCUT2D eigenvalue weighted by molar-refractivity contribution is 0.411. The Balaban J connectivity index is 2.23. The van der Waals surface area contributed by atoms with Gasteiger partial charge in [-0.15, -0.1) is 11.6 Å². The molecule has 1 aromatic heterocycles. The summed E-state index contributed by atoms with van der Waals surface area (Å²) >= 11 is 9.24. The third-order valence-corrected chi connectivity index (χ3v) is 3.57. The fourth-order valence-corrected chi connectivity index (χ4v) is 2.29.